The topological polar surface area (TPSA) is 0 Å². The van der Waals surface area contributed by atoms with Gasteiger partial charge in [0.2, 0.25) is 0 Å². The smallest absolute Gasteiger partial charge is 0.0450 e. The van der Waals surface area contributed by atoms with Crippen LogP contribution in [-0.4, -0.2) is 9.52 Å². The van der Waals surface area contributed by atoms with E-state index in [0.717, 1.165) is 0 Å². The first-order valence-corrected chi connectivity index (χ1v) is 5.88. The summed E-state index contributed by atoms with van der Waals surface area (Å²) in [6, 6.07) is 1.51. The zero-order valence-corrected chi connectivity index (χ0v) is 8.10. The average Bonchev–Trinajstić information content (AvgIpc) is 1.89. The minimum Gasteiger partial charge on any atom is -0.105 e. The van der Waals surface area contributed by atoms with E-state index in [1.807, 2.05) is 0 Å². The molecule has 0 fully saturated rings. The van der Waals surface area contributed by atoms with Crippen molar-refractivity contribution in [1.82, 2.24) is 0 Å². The highest BCUT2D eigenvalue weighted by Gasteiger charge is 1.80. The maximum Gasteiger partial charge on any atom is 0.0450 e. The Morgan fingerprint density at radius 3 is 2.67 bits per heavy atom. The van der Waals surface area contributed by atoms with Gasteiger partial charge in [0, 0.05) is 9.52 Å². The van der Waals surface area contributed by atoms with Crippen LogP contribution in [0.5, 0.6) is 0 Å². The van der Waals surface area contributed by atoms with E-state index in [1.54, 1.807) is 0 Å². The van der Waals surface area contributed by atoms with Crippen molar-refractivity contribution in [1.29, 1.82) is 0 Å². The van der Waals surface area contributed by atoms with Crippen LogP contribution in [0.25, 0.3) is 0 Å². The van der Waals surface area contributed by atoms with Gasteiger partial charge in [-0.2, -0.15) is 0 Å². The summed E-state index contributed by atoms with van der Waals surface area (Å²) in [5.74, 6) is 0. The van der Waals surface area contributed by atoms with Gasteiger partial charge in [0.05, 0.1) is 0 Å². The summed E-state index contributed by atoms with van der Waals surface area (Å²) in [5, 5.41) is 0. The quantitative estimate of drug-likeness (QED) is 0.408. The fourth-order valence-corrected chi connectivity index (χ4v) is 2.39. The third kappa shape index (κ3) is 7.96. The molecule has 54 valence electrons. The second-order valence-electron chi connectivity index (χ2n) is 2.38. The summed E-state index contributed by atoms with van der Waals surface area (Å²) in [7, 11) is 0.209. The molecule has 0 atom stereocenters. The Bertz CT molecular complexity index is 67.0. The van der Waals surface area contributed by atoms with E-state index in [9.17, 15) is 0 Å². The molecule has 0 heterocycles. The summed E-state index contributed by atoms with van der Waals surface area (Å²) in [5.41, 5.74) is 2.43. The Balaban J connectivity index is 2.82. The molecule has 0 aliphatic carbocycles. The van der Waals surface area contributed by atoms with Crippen molar-refractivity contribution in [3.05, 3.63) is 11.8 Å². The first-order chi connectivity index (χ1) is 4.41. The van der Waals surface area contributed by atoms with Crippen LogP contribution in [0.3, 0.4) is 0 Å². The molecule has 9 heavy (non-hydrogen) atoms. The second kappa shape index (κ2) is 7.96. The Morgan fingerprint density at radius 1 is 1.33 bits per heavy atom. The Kier molecular flexibility index (Phi) is 7.92. The minimum atomic E-state index is 0.209. The Labute approximate surface area is 61.2 Å². The highest BCUT2D eigenvalue weighted by atomic mass is 28.2. The molecular weight excluding hydrogens is 124 g/mol. The predicted molar refractivity (Wildman–Crippen MR) is 47.7 cm³/mol. The number of unbranched alkanes of at least 4 members (excludes halogenated alkanes) is 1. The molecule has 0 N–H and O–H groups in total. The highest BCUT2D eigenvalue weighted by Crippen LogP contribution is 1.93. The minimum absolute atomic E-state index is 0.209. The van der Waals surface area contributed by atoms with Crippen molar-refractivity contribution < 1.29 is 0 Å². The number of hydrogen-bond acceptors (Lipinski definition) is 0. The lowest BCUT2D eigenvalue weighted by Gasteiger charge is -1.88. The van der Waals surface area contributed by atoms with Crippen LogP contribution in [0.2, 0.25) is 6.04 Å². The van der Waals surface area contributed by atoms with Crippen molar-refractivity contribution in [2.75, 3.05) is 0 Å². The van der Waals surface area contributed by atoms with E-state index in [1.165, 1.54) is 25.3 Å². The summed E-state index contributed by atoms with van der Waals surface area (Å²) < 4.78 is 0. The third-order valence-electron chi connectivity index (χ3n) is 1.38. The van der Waals surface area contributed by atoms with Gasteiger partial charge in [-0.25, -0.2) is 0 Å². The predicted octanol–water partition coefficient (Wildman–Crippen LogP) is 2.30. The van der Waals surface area contributed by atoms with Crippen LogP contribution < -0.4 is 0 Å². The molecule has 0 aromatic carbocycles. The van der Waals surface area contributed by atoms with E-state index in [-0.39, 0.29) is 9.52 Å². The van der Waals surface area contributed by atoms with E-state index >= 15 is 0 Å². The third-order valence-corrected chi connectivity index (χ3v) is 2.95. The Morgan fingerprint density at radius 2 is 2.11 bits per heavy atom. The molecule has 0 amide bonds. The molecule has 0 aliphatic rings. The average molecular weight is 142 g/mol. The molecular formula is C8H18Si. The number of hydrogen-bond donors (Lipinski definition) is 0. The van der Waals surface area contributed by atoms with Crippen molar-refractivity contribution in [3.63, 3.8) is 0 Å². The molecule has 0 aromatic heterocycles. The van der Waals surface area contributed by atoms with Gasteiger partial charge in [0.1, 0.15) is 0 Å². The van der Waals surface area contributed by atoms with E-state index < -0.39 is 0 Å². The lowest BCUT2D eigenvalue weighted by Crippen LogP contribution is -1.82. The first kappa shape index (κ1) is 8.96. The van der Waals surface area contributed by atoms with Crippen LogP contribution in [0.4, 0.5) is 0 Å². The van der Waals surface area contributed by atoms with Gasteiger partial charge in [-0.15, -0.1) is 5.70 Å². The van der Waals surface area contributed by atoms with Crippen molar-refractivity contribution in [3.8, 4) is 0 Å². The molecule has 0 rings (SSSR count). The lowest BCUT2D eigenvalue weighted by molar-refractivity contribution is 0.881. The zero-order valence-electron chi connectivity index (χ0n) is 6.69. The molecule has 0 bridgehead atoms. The van der Waals surface area contributed by atoms with E-state index in [4.69, 9.17) is 0 Å². The summed E-state index contributed by atoms with van der Waals surface area (Å²) in [6.45, 7) is 4.46. The van der Waals surface area contributed by atoms with Crippen molar-refractivity contribution in [2.45, 2.75) is 39.2 Å². The highest BCUT2D eigenvalue weighted by molar-refractivity contribution is 6.41. The van der Waals surface area contributed by atoms with Gasteiger partial charge in [0.15, 0.2) is 0 Å². The molecule has 0 nitrogen and oxygen atoms in total. The van der Waals surface area contributed by atoms with E-state index in [2.05, 4.69) is 25.6 Å². The maximum atomic E-state index is 2.43. The fraction of sp³-hybridized carbons (Fsp3) is 0.750. The van der Waals surface area contributed by atoms with Crippen LogP contribution in [0.1, 0.15) is 33.1 Å². The van der Waals surface area contributed by atoms with Crippen molar-refractivity contribution in [2.24, 2.45) is 0 Å². The van der Waals surface area contributed by atoms with Gasteiger partial charge >= 0.3 is 0 Å². The summed E-state index contributed by atoms with van der Waals surface area (Å²) >= 11 is 0. The molecule has 1 heteroatoms. The monoisotopic (exact) mass is 142 g/mol. The van der Waals surface area contributed by atoms with Gasteiger partial charge in [-0.3, -0.25) is 0 Å². The Hall–Kier alpha value is -0.0431. The molecule has 0 saturated heterocycles. The van der Waals surface area contributed by atoms with Gasteiger partial charge < -0.3 is 0 Å². The standard InChI is InChI=1S/C8H18Si/c1-3-5-7-9-8-6-4-2/h5,7H,3-4,6,8-9H2,1-2H3/b7-5+. The molecule has 0 unspecified atom stereocenters. The van der Waals surface area contributed by atoms with E-state index in [0.29, 0.717) is 0 Å². The zero-order chi connectivity index (χ0) is 6.95. The van der Waals surface area contributed by atoms with Gasteiger partial charge in [0.25, 0.3) is 0 Å². The first-order valence-electron chi connectivity index (χ1n) is 4.06. The van der Waals surface area contributed by atoms with Crippen LogP contribution in [-0.2, 0) is 0 Å². The van der Waals surface area contributed by atoms with Gasteiger partial charge in [-0.05, 0) is 6.42 Å². The van der Waals surface area contributed by atoms with Crippen LogP contribution >= 0.6 is 0 Å². The molecule has 0 radical (unpaired) electrons. The normalized spacial score (nSPS) is 12.2. The molecule has 0 spiro atoms. The maximum absolute atomic E-state index is 2.43. The molecule has 0 aliphatic heterocycles. The largest absolute Gasteiger partial charge is 0.105 e. The molecule has 0 saturated carbocycles. The number of rotatable bonds is 5. The number of allylic oxidation sites excluding steroid dienone is 1. The SMILES string of the molecule is CC/C=C/[SiH2]CCCC. The van der Waals surface area contributed by atoms with Crippen molar-refractivity contribution >= 4 is 9.52 Å². The fourth-order valence-electron chi connectivity index (χ4n) is 0.797. The molecule has 0 aromatic rings. The van der Waals surface area contributed by atoms with Gasteiger partial charge in [-0.1, -0.05) is 38.8 Å². The van der Waals surface area contributed by atoms with Crippen LogP contribution in [0, 0.1) is 0 Å². The summed E-state index contributed by atoms with van der Waals surface area (Å²) in [4.78, 5) is 0. The lowest BCUT2D eigenvalue weighted by atomic mass is 10.4. The summed E-state index contributed by atoms with van der Waals surface area (Å²) in [6.07, 6.45) is 6.34. The van der Waals surface area contributed by atoms with Crippen LogP contribution in [0.15, 0.2) is 11.8 Å². The second-order valence-corrected chi connectivity index (χ2v) is 4.13.